The monoisotopic (exact) mass is 346 g/mol. The highest BCUT2D eigenvalue weighted by atomic mass is 32.2. The molecule has 1 fully saturated rings. The van der Waals surface area contributed by atoms with Gasteiger partial charge < -0.3 is 4.57 Å². The van der Waals surface area contributed by atoms with Gasteiger partial charge in [0.15, 0.2) is 0 Å². The van der Waals surface area contributed by atoms with E-state index in [-0.39, 0.29) is 0 Å². The fourth-order valence-corrected chi connectivity index (χ4v) is 6.71. The van der Waals surface area contributed by atoms with Gasteiger partial charge in [-0.25, -0.2) is 4.98 Å². The van der Waals surface area contributed by atoms with Gasteiger partial charge in [0.1, 0.15) is 0 Å². The Morgan fingerprint density at radius 2 is 2.00 bits per heavy atom. The zero-order valence-corrected chi connectivity index (χ0v) is 15.7. The highest BCUT2D eigenvalue weighted by Crippen LogP contribution is 2.53. The Kier molecular flexibility index (Phi) is 5.76. The zero-order valence-electron chi connectivity index (χ0n) is 14.1. The van der Waals surface area contributed by atoms with Crippen molar-refractivity contribution in [1.82, 2.24) is 9.55 Å². The third-order valence-corrected chi connectivity index (χ3v) is 8.39. The average molecular weight is 347 g/mol. The molecule has 1 aromatic heterocycles. The van der Waals surface area contributed by atoms with Crippen molar-refractivity contribution in [1.29, 1.82) is 0 Å². The number of aromatic nitrogens is 2. The molecule has 4 heteroatoms. The van der Waals surface area contributed by atoms with E-state index in [0.717, 1.165) is 18.2 Å². The first kappa shape index (κ1) is 17.0. The van der Waals surface area contributed by atoms with Crippen LogP contribution >= 0.6 is 23.5 Å². The fourth-order valence-electron chi connectivity index (χ4n) is 3.09. The van der Waals surface area contributed by atoms with E-state index in [1.54, 1.807) is 0 Å². The average Bonchev–Trinajstić information content (AvgIpc) is 3.22. The van der Waals surface area contributed by atoms with Crippen molar-refractivity contribution >= 4 is 23.5 Å². The molecule has 2 unspecified atom stereocenters. The summed E-state index contributed by atoms with van der Waals surface area (Å²) < 4.78 is 2.58. The maximum Gasteiger partial charge on any atom is 0.0945 e. The molecule has 2 nitrogen and oxygen atoms in total. The van der Waals surface area contributed by atoms with Gasteiger partial charge in [0.05, 0.1) is 10.4 Å². The van der Waals surface area contributed by atoms with Crippen LogP contribution in [0.25, 0.3) is 0 Å². The Hall–Kier alpha value is -0.870. The van der Waals surface area contributed by atoms with Crippen molar-refractivity contribution in [3.63, 3.8) is 0 Å². The molecule has 2 heterocycles. The van der Waals surface area contributed by atoms with E-state index in [0.29, 0.717) is 4.08 Å². The fraction of sp³-hybridized carbons (Fsp3) is 0.526. The molecule has 124 valence electrons. The highest BCUT2D eigenvalue weighted by molar-refractivity contribution is 8.21. The SMILES string of the molecule is CCc1ccc(CCC2(CCn3ccnc3)SCC(C)S2)cc1. The number of rotatable bonds is 7. The molecule has 1 saturated heterocycles. The van der Waals surface area contributed by atoms with Gasteiger partial charge in [-0.2, -0.15) is 0 Å². The third kappa shape index (κ3) is 4.57. The number of nitrogens with zero attached hydrogens (tertiary/aromatic N) is 2. The topological polar surface area (TPSA) is 17.8 Å². The smallest absolute Gasteiger partial charge is 0.0945 e. The predicted octanol–water partition coefficient (Wildman–Crippen LogP) is 5.03. The summed E-state index contributed by atoms with van der Waals surface area (Å²) in [7, 11) is 0. The molecule has 2 atom stereocenters. The minimum absolute atomic E-state index is 0.368. The summed E-state index contributed by atoms with van der Waals surface area (Å²) in [6, 6.07) is 9.20. The second-order valence-corrected chi connectivity index (χ2v) is 9.85. The summed E-state index contributed by atoms with van der Waals surface area (Å²) in [5.74, 6) is 1.28. The molecule has 1 aliphatic heterocycles. The zero-order chi connectivity index (χ0) is 16.1. The molecule has 1 aromatic carbocycles. The van der Waals surface area contributed by atoms with Crippen molar-refractivity contribution in [2.24, 2.45) is 0 Å². The molecule has 0 radical (unpaired) electrons. The molecule has 1 aliphatic rings. The molecule has 0 saturated carbocycles. The summed E-state index contributed by atoms with van der Waals surface area (Å²) in [6.07, 6.45) is 10.7. The largest absolute Gasteiger partial charge is 0.337 e. The van der Waals surface area contributed by atoms with Gasteiger partial charge in [0.25, 0.3) is 0 Å². The van der Waals surface area contributed by atoms with Gasteiger partial charge in [-0.1, -0.05) is 38.1 Å². The summed E-state index contributed by atoms with van der Waals surface area (Å²) in [6.45, 7) is 5.65. The predicted molar refractivity (Wildman–Crippen MR) is 103 cm³/mol. The molecule has 0 N–H and O–H groups in total. The lowest BCUT2D eigenvalue weighted by Crippen LogP contribution is -2.21. The van der Waals surface area contributed by atoms with Crippen molar-refractivity contribution in [3.8, 4) is 0 Å². The lowest BCUT2D eigenvalue weighted by Gasteiger charge is -2.28. The molecule has 0 amide bonds. The number of thioether (sulfide) groups is 2. The van der Waals surface area contributed by atoms with Crippen molar-refractivity contribution in [2.45, 2.75) is 55.4 Å². The summed E-state index contributed by atoms with van der Waals surface area (Å²) in [5, 5.41) is 0.769. The van der Waals surface area contributed by atoms with Crippen LogP contribution in [0.4, 0.5) is 0 Å². The maximum absolute atomic E-state index is 4.16. The lowest BCUT2D eigenvalue weighted by molar-refractivity contribution is 0.574. The Labute approximate surface area is 148 Å². The van der Waals surface area contributed by atoms with E-state index in [2.05, 4.69) is 77.4 Å². The summed E-state index contributed by atoms with van der Waals surface area (Å²) >= 11 is 4.37. The second-order valence-electron chi connectivity index (χ2n) is 6.37. The molecule has 0 aliphatic carbocycles. The quantitative estimate of drug-likeness (QED) is 0.700. The molecule has 3 rings (SSSR count). The third-order valence-electron chi connectivity index (χ3n) is 4.53. The van der Waals surface area contributed by atoms with Crippen LogP contribution in [0.15, 0.2) is 43.0 Å². The first-order valence-corrected chi connectivity index (χ1v) is 10.4. The second kappa shape index (κ2) is 7.80. The maximum atomic E-state index is 4.16. The van der Waals surface area contributed by atoms with Crippen LogP contribution in [0.1, 0.15) is 37.8 Å². The molecule has 0 spiro atoms. The summed E-state index contributed by atoms with van der Waals surface area (Å²) in [5.41, 5.74) is 2.91. The first-order chi connectivity index (χ1) is 11.2. The van der Waals surface area contributed by atoms with Crippen LogP contribution in [-0.2, 0) is 19.4 Å². The minimum atomic E-state index is 0.368. The van der Waals surface area contributed by atoms with Crippen LogP contribution in [0.2, 0.25) is 0 Å². The molecular weight excluding hydrogens is 320 g/mol. The van der Waals surface area contributed by atoms with Crippen LogP contribution < -0.4 is 0 Å². The number of aryl methyl sites for hydroxylation is 3. The van der Waals surface area contributed by atoms with Crippen LogP contribution in [0.3, 0.4) is 0 Å². The number of imidazole rings is 1. The summed E-state index contributed by atoms with van der Waals surface area (Å²) in [4.78, 5) is 4.16. The minimum Gasteiger partial charge on any atom is -0.337 e. The van der Waals surface area contributed by atoms with Gasteiger partial charge in [-0.05, 0) is 36.8 Å². The van der Waals surface area contributed by atoms with E-state index >= 15 is 0 Å². The van der Waals surface area contributed by atoms with E-state index < -0.39 is 0 Å². The normalized spacial score (nSPS) is 24.2. The van der Waals surface area contributed by atoms with Crippen LogP contribution in [-0.4, -0.2) is 24.6 Å². The standard InChI is InChI=1S/C19H26N2S2/c1-3-17-4-6-18(7-5-17)8-9-19(22-14-16(2)23-19)10-12-21-13-11-20-15-21/h4-7,11,13,15-16H,3,8-10,12,14H2,1-2H3. The lowest BCUT2D eigenvalue weighted by atomic mass is 10.0. The van der Waals surface area contributed by atoms with E-state index in [9.17, 15) is 0 Å². The van der Waals surface area contributed by atoms with Crippen molar-refractivity contribution in [2.75, 3.05) is 5.75 Å². The Bertz CT molecular complexity index is 594. The van der Waals surface area contributed by atoms with Gasteiger partial charge in [0, 0.05) is 29.9 Å². The van der Waals surface area contributed by atoms with Gasteiger partial charge in [-0.15, -0.1) is 23.5 Å². The van der Waals surface area contributed by atoms with E-state index in [4.69, 9.17) is 0 Å². The van der Waals surface area contributed by atoms with Crippen molar-refractivity contribution in [3.05, 3.63) is 54.1 Å². The van der Waals surface area contributed by atoms with Gasteiger partial charge >= 0.3 is 0 Å². The van der Waals surface area contributed by atoms with E-state index in [1.165, 1.54) is 36.1 Å². The number of hydrogen-bond donors (Lipinski definition) is 0. The van der Waals surface area contributed by atoms with Gasteiger partial charge in [0.2, 0.25) is 0 Å². The molecule has 2 aromatic rings. The van der Waals surface area contributed by atoms with Crippen LogP contribution in [0.5, 0.6) is 0 Å². The first-order valence-electron chi connectivity index (χ1n) is 8.54. The Morgan fingerprint density at radius 1 is 1.22 bits per heavy atom. The highest BCUT2D eigenvalue weighted by Gasteiger charge is 2.38. The Morgan fingerprint density at radius 3 is 2.61 bits per heavy atom. The van der Waals surface area contributed by atoms with E-state index in [1.807, 2.05) is 12.5 Å². The van der Waals surface area contributed by atoms with Gasteiger partial charge in [-0.3, -0.25) is 0 Å². The number of hydrogen-bond acceptors (Lipinski definition) is 3. The molecular formula is C19H26N2S2. The molecule has 0 bridgehead atoms. The number of benzene rings is 1. The van der Waals surface area contributed by atoms with Crippen LogP contribution in [0, 0.1) is 0 Å². The molecule has 23 heavy (non-hydrogen) atoms. The van der Waals surface area contributed by atoms with Crippen molar-refractivity contribution < 1.29 is 0 Å². The Balaban J connectivity index is 1.61.